The van der Waals surface area contributed by atoms with Gasteiger partial charge in [0, 0.05) is 11.8 Å². The van der Waals surface area contributed by atoms with Gasteiger partial charge in [0.2, 0.25) is 0 Å². The molecule has 1 aromatic carbocycles. The van der Waals surface area contributed by atoms with Crippen LogP contribution in [0.2, 0.25) is 0 Å². The molecular weight excluding hydrogens is 320 g/mol. The Morgan fingerprint density at radius 1 is 1.20 bits per heavy atom. The van der Waals surface area contributed by atoms with Crippen molar-refractivity contribution in [3.63, 3.8) is 0 Å². The molecular formula is C19H22N2O4. The number of carbonyl (C=O) groups excluding carboxylic acids is 3. The number of aryl methyl sites for hydroxylation is 1. The first kappa shape index (κ1) is 18.4. The number of hydrogen-bond donors (Lipinski definition) is 2. The summed E-state index contributed by atoms with van der Waals surface area (Å²) < 4.78 is 4.96. The van der Waals surface area contributed by atoms with E-state index >= 15 is 0 Å². The van der Waals surface area contributed by atoms with Gasteiger partial charge in [-0.05, 0) is 37.5 Å². The third kappa shape index (κ3) is 5.04. The van der Waals surface area contributed by atoms with Crippen LogP contribution in [0.3, 0.4) is 0 Å². The number of aromatic nitrogens is 1. The van der Waals surface area contributed by atoms with E-state index in [9.17, 15) is 14.4 Å². The van der Waals surface area contributed by atoms with Crippen LogP contribution in [0.5, 0.6) is 0 Å². The van der Waals surface area contributed by atoms with E-state index in [0.717, 1.165) is 12.0 Å². The summed E-state index contributed by atoms with van der Waals surface area (Å²) in [7, 11) is 0. The fourth-order valence-electron chi connectivity index (χ4n) is 2.33. The molecule has 6 heteroatoms. The van der Waals surface area contributed by atoms with Gasteiger partial charge in [0.25, 0.3) is 5.91 Å². The van der Waals surface area contributed by atoms with Crippen molar-refractivity contribution in [2.24, 2.45) is 0 Å². The second kappa shape index (κ2) is 8.28. The minimum absolute atomic E-state index is 0.140. The molecule has 2 N–H and O–H groups in total. The Morgan fingerprint density at radius 3 is 2.44 bits per heavy atom. The summed E-state index contributed by atoms with van der Waals surface area (Å²) in [5.74, 6) is -1.22. The fourth-order valence-corrected chi connectivity index (χ4v) is 2.33. The number of rotatable bonds is 7. The quantitative estimate of drug-likeness (QED) is 0.598. The highest BCUT2D eigenvalue weighted by Gasteiger charge is 2.15. The maximum Gasteiger partial charge on any atom is 0.355 e. The number of ether oxygens (including phenoxy) is 1. The Morgan fingerprint density at radius 2 is 1.88 bits per heavy atom. The zero-order valence-corrected chi connectivity index (χ0v) is 14.6. The Bertz CT molecular complexity index is 762. The minimum atomic E-state index is -0.678. The lowest BCUT2D eigenvalue weighted by atomic mass is 10.1. The smallest absolute Gasteiger partial charge is 0.355 e. The number of amides is 1. The first-order chi connectivity index (χ1) is 11.9. The molecule has 0 saturated carbocycles. The van der Waals surface area contributed by atoms with E-state index in [4.69, 9.17) is 4.74 Å². The van der Waals surface area contributed by atoms with Gasteiger partial charge < -0.3 is 15.0 Å². The fraction of sp³-hybridized carbons (Fsp3) is 0.316. The molecule has 132 valence electrons. The summed E-state index contributed by atoms with van der Waals surface area (Å²) in [5, 5.41) is 2.78. The highest BCUT2D eigenvalue weighted by Crippen LogP contribution is 2.13. The first-order valence-corrected chi connectivity index (χ1v) is 8.15. The van der Waals surface area contributed by atoms with Gasteiger partial charge in [-0.3, -0.25) is 9.59 Å². The zero-order chi connectivity index (χ0) is 18.4. The van der Waals surface area contributed by atoms with E-state index < -0.39 is 11.9 Å². The van der Waals surface area contributed by atoms with Crippen molar-refractivity contribution in [2.75, 3.05) is 6.61 Å². The third-order valence-corrected chi connectivity index (χ3v) is 3.91. The minimum Gasteiger partial charge on any atom is -0.451 e. The molecule has 2 rings (SSSR count). The number of hydrogen-bond acceptors (Lipinski definition) is 4. The first-order valence-electron chi connectivity index (χ1n) is 8.15. The van der Waals surface area contributed by atoms with Gasteiger partial charge in [-0.15, -0.1) is 0 Å². The lowest BCUT2D eigenvalue weighted by Gasteiger charge is -2.14. The lowest BCUT2D eigenvalue weighted by Crippen LogP contribution is -2.31. The topological polar surface area (TPSA) is 88.3 Å². The maximum atomic E-state index is 11.9. The highest BCUT2D eigenvalue weighted by molar-refractivity contribution is 5.97. The number of carbonyl (C=O) groups is 3. The van der Waals surface area contributed by atoms with Crippen molar-refractivity contribution in [3.8, 4) is 0 Å². The van der Waals surface area contributed by atoms with Crippen molar-refractivity contribution in [1.29, 1.82) is 0 Å². The summed E-state index contributed by atoms with van der Waals surface area (Å²) in [4.78, 5) is 37.7. The number of H-pyrrole nitrogens is 1. The van der Waals surface area contributed by atoms with Gasteiger partial charge in [0.1, 0.15) is 5.69 Å². The molecule has 0 aliphatic carbocycles. The molecule has 0 fully saturated rings. The second-order valence-corrected chi connectivity index (χ2v) is 5.82. The van der Waals surface area contributed by atoms with Crippen LogP contribution in [0.4, 0.5) is 0 Å². The molecule has 0 aliphatic rings. The molecule has 6 nitrogen and oxygen atoms in total. The van der Waals surface area contributed by atoms with Crippen molar-refractivity contribution >= 4 is 17.7 Å². The van der Waals surface area contributed by atoms with Crippen LogP contribution in [-0.2, 0) is 16.0 Å². The number of esters is 1. The highest BCUT2D eigenvalue weighted by atomic mass is 16.5. The van der Waals surface area contributed by atoms with Gasteiger partial charge in [-0.1, -0.05) is 31.2 Å². The molecule has 1 heterocycles. The summed E-state index contributed by atoms with van der Waals surface area (Å²) >= 11 is 0. The number of nitrogens with one attached hydrogen (secondary N) is 2. The molecule has 0 bridgehead atoms. The normalized spacial score (nSPS) is 11.6. The molecule has 0 aliphatic heterocycles. The van der Waals surface area contributed by atoms with Gasteiger partial charge in [0.15, 0.2) is 12.4 Å². The Hall–Kier alpha value is -2.89. The zero-order valence-electron chi connectivity index (χ0n) is 14.6. The Balaban J connectivity index is 1.84. The van der Waals surface area contributed by atoms with Crippen LogP contribution in [0, 0.1) is 0 Å². The van der Waals surface area contributed by atoms with Gasteiger partial charge in [-0.2, -0.15) is 0 Å². The molecule has 1 atom stereocenters. The Labute approximate surface area is 146 Å². The summed E-state index contributed by atoms with van der Waals surface area (Å²) in [6.07, 6.45) is 2.39. The van der Waals surface area contributed by atoms with Crippen molar-refractivity contribution < 1.29 is 19.1 Å². The van der Waals surface area contributed by atoms with Gasteiger partial charge >= 0.3 is 5.97 Å². The van der Waals surface area contributed by atoms with E-state index in [1.54, 1.807) is 0 Å². The van der Waals surface area contributed by atoms with Crippen LogP contribution in [0.1, 0.15) is 58.8 Å². The summed E-state index contributed by atoms with van der Waals surface area (Å²) in [6.45, 7) is 4.97. The van der Waals surface area contributed by atoms with Crippen LogP contribution in [0.25, 0.3) is 0 Å². The van der Waals surface area contributed by atoms with Crippen LogP contribution < -0.4 is 5.32 Å². The van der Waals surface area contributed by atoms with Crippen molar-refractivity contribution in [1.82, 2.24) is 10.3 Å². The molecule has 1 aromatic heterocycles. The molecule has 0 unspecified atom stereocenters. The molecule has 0 radical (unpaired) electrons. The van der Waals surface area contributed by atoms with Crippen LogP contribution in [0.15, 0.2) is 36.5 Å². The van der Waals surface area contributed by atoms with Crippen molar-refractivity contribution in [2.45, 2.75) is 33.2 Å². The predicted octanol–water partition coefficient (Wildman–Crippen LogP) is 2.81. The second-order valence-electron chi connectivity index (χ2n) is 5.82. The number of ketones is 1. The molecule has 1 amide bonds. The van der Waals surface area contributed by atoms with E-state index in [0.29, 0.717) is 5.56 Å². The van der Waals surface area contributed by atoms with E-state index in [1.165, 1.54) is 24.8 Å². The Kier molecular flexibility index (Phi) is 6.11. The number of aromatic amines is 1. The number of benzene rings is 1. The molecule has 0 spiro atoms. The standard InChI is InChI=1S/C19H22N2O4/c1-4-14-5-7-15(8-6-14)12(2)21-18(23)11-25-19(24)17-9-16(10-20-17)13(3)22/h5-10,12,20H,4,11H2,1-3H3,(H,21,23)/t12-/m1/s1. The van der Waals surface area contributed by atoms with Gasteiger partial charge in [-0.25, -0.2) is 4.79 Å². The van der Waals surface area contributed by atoms with E-state index in [1.807, 2.05) is 31.2 Å². The average molecular weight is 342 g/mol. The van der Waals surface area contributed by atoms with Crippen molar-refractivity contribution in [3.05, 3.63) is 58.9 Å². The predicted molar refractivity (Wildman–Crippen MR) is 93.5 cm³/mol. The largest absolute Gasteiger partial charge is 0.451 e. The monoisotopic (exact) mass is 342 g/mol. The lowest BCUT2D eigenvalue weighted by molar-refractivity contribution is -0.124. The maximum absolute atomic E-state index is 11.9. The van der Waals surface area contributed by atoms with E-state index in [2.05, 4.69) is 17.2 Å². The van der Waals surface area contributed by atoms with Crippen LogP contribution in [-0.4, -0.2) is 29.3 Å². The average Bonchev–Trinajstić information content (AvgIpc) is 3.10. The molecule has 2 aromatic rings. The van der Waals surface area contributed by atoms with Crippen LogP contribution >= 0.6 is 0 Å². The van der Waals surface area contributed by atoms with E-state index in [-0.39, 0.29) is 24.1 Å². The summed E-state index contributed by atoms with van der Waals surface area (Å²) in [6, 6.07) is 9.20. The summed E-state index contributed by atoms with van der Waals surface area (Å²) in [5.41, 5.74) is 2.74. The third-order valence-electron chi connectivity index (χ3n) is 3.91. The number of Topliss-reactive ketones (excluding diaryl/α,β-unsaturated/α-hetero) is 1. The molecule has 0 saturated heterocycles. The van der Waals surface area contributed by atoms with Gasteiger partial charge in [0.05, 0.1) is 6.04 Å². The SMILES string of the molecule is CCc1ccc([C@@H](C)NC(=O)COC(=O)c2cc(C(C)=O)c[nH]2)cc1. The molecule has 25 heavy (non-hydrogen) atoms.